The van der Waals surface area contributed by atoms with Crippen LogP contribution in [0.3, 0.4) is 0 Å². The zero-order valence-corrected chi connectivity index (χ0v) is 21.1. The van der Waals surface area contributed by atoms with Crippen LogP contribution in [0.15, 0.2) is 23.9 Å². The van der Waals surface area contributed by atoms with Crippen molar-refractivity contribution >= 4 is 23.5 Å². The molecular formula is C24H40N6S2. The molecule has 0 aliphatic carbocycles. The maximum absolute atomic E-state index is 4.32. The van der Waals surface area contributed by atoms with E-state index in [2.05, 4.69) is 66.0 Å². The Balaban J connectivity index is 1.48. The summed E-state index contributed by atoms with van der Waals surface area (Å²) in [5.41, 5.74) is 0. The monoisotopic (exact) mass is 476 g/mol. The molecule has 3 unspecified atom stereocenters. The Hall–Kier alpha value is -0.700. The van der Waals surface area contributed by atoms with Gasteiger partial charge in [-0.2, -0.15) is 11.8 Å². The molecule has 6 aliphatic heterocycles. The minimum absolute atomic E-state index is 0.118. The summed E-state index contributed by atoms with van der Waals surface area (Å²) in [6.45, 7) is 6.75. The Labute approximate surface area is 202 Å². The van der Waals surface area contributed by atoms with Gasteiger partial charge in [0.05, 0.1) is 17.3 Å². The molecule has 0 saturated carbocycles. The predicted octanol–water partition coefficient (Wildman–Crippen LogP) is 3.38. The van der Waals surface area contributed by atoms with E-state index in [0.717, 1.165) is 32.7 Å². The Morgan fingerprint density at radius 1 is 0.906 bits per heavy atom. The molecule has 32 heavy (non-hydrogen) atoms. The Morgan fingerprint density at radius 2 is 1.75 bits per heavy atom. The lowest BCUT2D eigenvalue weighted by Crippen LogP contribution is -2.72. The summed E-state index contributed by atoms with van der Waals surface area (Å²) in [4.78, 5) is 11.0. The van der Waals surface area contributed by atoms with Gasteiger partial charge in [0, 0.05) is 38.9 Å². The molecule has 0 aromatic heterocycles. The second-order valence-corrected chi connectivity index (χ2v) is 12.6. The highest BCUT2D eigenvalue weighted by Gasteiger charge is 2.59. The number of rotatable bonds is 5. The Bertz CT molecular complexity index is 720. The third-order valence-electron chi connectivity index (χ3n) is 8.04. The van der Waals surface area contributed by atoms with Gasteiger partial charge in [0.25, 0.3) is 0 Å². The van der Waals surface area contributed by atoms with Gasteiger partial charge < -0.3 is 25.3 Å². The number of nitrogens with zero attached hydrogens (tertiary/aromatic N) is 4. The van der Waals surface area contributed by atoms with Crippen molar-refractivity contribution < 1.29 is 0 Å². The summed E-state index contributed by atoms with van der Waals surface area (Å²) in [6.07, 6.45) is 16.6. The molecule has 6 heterocycles. The van der Waals surface area contributed by atoms with Gasteiger partial charge in [0.15, 0.2) is 11.6 Å². The molecule has 0 bridgehead atoms. The summed E-state index contributed by atoms with van der Waals surface area (Å²) in [5.74, 6) is 5.41. The fraction of sp³-hybridized carbons (Fsp3) is 0.833. The lowest BCUT2D eigenvalue weighted by atomic mass is 10.0. The van der Waals surface area contributed by atoms with Crippen LogP contribution in [0, 0.1) is 0 Å². The van der Waals surface area contributed by atoms with Crippen molar-refractivity contribution in [3.8, 4) is 0 Å². The first-order chi connectivity index (χ1) is 15.9. The second kappa shape index (κ2) is 9.51. The van der Waals surface area contributed by atoms with Gasteiger partial charge in [-0.25, -0.2) is 4.90 Å². The summed E-state index contributed by atoms with van der Waals surface area (Å²) in [6, 6.07) is 0. The summed E-state index contributed by atoms with van der Waals surface area (Å²) in [5, 5.41) is 9.18. The van der Waals surface area contributed by atoms with E-state index < -0.39 is 0 Å². The van der Waals surface area contributed by atoms with Crippen LogP contribution in [0.1, 0.15) is 57.8 Å². The molecular weight excluding hydrogens is 436 g/mol. The van der Waals surface area contributed by atoms with Crippen LogP contribution in [0.4, 0.5) is 0 Å². The van der Waals surface area contributed by atoms with Crippen LogP contribution in [-0.2, 0) is 0 Å². The number of hydrogen-bond donors (Lipinski definition) is 2. The highest BCUT2D eigenvalue weighted by Crippen LogP contribution is 2.49. The lowest BCUT2D eigenvalue weighted by Gasteiger charge is -2.55. The smallest absolute Gasteiger partial charge is 0.186 e. The number of nitrogens with one attached hydrogen (secondary N) is 2. The minimum Gasteiger partial charge on any atom is -0.355 e. The molecule has 2 N–H and O–H groups in total. The lowest BCUT2D eigenvalue weighted by molar-refractivity contribution is -0.0543. The highest BCUT2D eigenvalue weighted by atomic mass is 32.2. The number of likely N-dealkylation sites (tertiary alicyclic amines) is 1. The van der Waals surface area contributed by atoms with E-state index in [9.17, 15) is 0 Å². The number of hydrogen-bond acceptors (Lipinski definition) is 8. The molecule has 6 aliphatic rings. The third-order valence-corrected chi connectivity index (χ3v) is 10.9. The standard InChI is InChI=1S/C24H40N6S2/c1-7-17-31-20(9-1)24(29-16-11-25-19-29)26-22(27-12-3-4-13-27)23(28-14-5-6-15-28)30(24)21-10-2-8-18-32-21/h3,12,20-21,25-26H,1-2,4-11,13-19H2. The highest BCUT2D eigenvalue weighted by molar-refractivity contribution is 8.00. The van der Waals surface area contributed by atoms with Crippen LogP contribution < -0.4 is 10.6 Å². The molecule has 3 atom stereocenters. The van der Waals surface area contributed by atoms with Crippen LogP contribution in [0.25, 0.3) is 0 Å². The van der Waals surface area contributed by atoms with Crippen LogP contribution in [0.5, 0.6) is 0 Å². The van der Waals surface area contributed by atoms with Crippen molar-refractivity contribution in [2.24, 2.45) is 0 Å². The van der Waals surface area contributed by atoms with E-state index in [1.54, 1.807) is 0 Å². The Kier molecular flexibility index (Phi) is 6.48. The second-order valence-electron chi connectivity index (χ2n) is 10.1. The molecule has 6 rings (SSSR count). The van der Waals surface area contributed by atoms with Gasteiger partial charge in [-0.3, -0.25) is 0 Å². The van der Waals surface area contributed by atoms with Crippen LogP contribution in [-0.4, -0.2) is 86.9 Å². The maximum Gasteiger partial charge on any atom is 0.186 e. The third kappa shape index (κ3) is 3.73. The molecule has 6 nitrogen and oxygen atoms in total. The zero-order chi connectivity index (χ0) is 21.4. The van der Waals surface area contributed by atoms with E-state index in [0.29, 0.717) is 10.6 Å². The summed E-state index contributed by atoms with van der Waals surface area (Å²) < 4.78 is 0. The zero-order valence-electron chi connectivity index (χ0n) is 19.4. The molecule has 4 saturated heterocycles. The fourth-order valence-electron chi connectivity index (χ4n) is 6.48. The summed E-state index contributed by atoms with van der Waals surface area (Å²) >= 11 is 4.46. The van der Waals surface area contributed by atoms with E-state index in [1.807, 2.05) is 0 Å². The van der Waals surface area contributed by atoms with Gasteiger partial charge in [-0.05, 0) is 62.9 Å². The van der Waals surface area contributed by atoms with Gasteiger partial charge in [-0.1, -0.05) is 12.5 Å². The van der Waals surface area contributed by atoms with Crippen LogP contribution >= 0.6 is 23.5 Å². The van der Waals surface area contributed by atoms with Crippen molar-refractivity contribution in [3.63, 3.8) is 0 Å². The Morgan fingerprint density at radius 3 is 2.41 bits per heavy atom. The van der Waals surface area contributed by atoms with Gasteiger partial charge >= 0.3 is 0 Å². The van der Waals surface area contributed by atoms with Gasteiger partial charge in [-0.15, -0.1) is 11.8 Å². The first kappa shape index (κ1) is 21.8. The maximum atomic E-state index is 4.32. The van der Waals surface area contributed by atoms with Crippen molar-refractivity contribution in [2.75, 3.05) is 50.9 Å². The van der Waals surface area contributed by atoms with E-state index in [4.69, 9.17) is 0 Å². The van der Waals surface area contributed by atoms with Crippen molar-refractivity contribution in [3.05, 3.63) is 23.9 Å². The molecule has 178 valence electrons. The molecule has 0 aromatic carbocycles. The molecule has 8 heteroatoms. The number of thioether (sulfide) groups is 2. The molecule has 0 radical (unpaired) electrons. The average Bonchev–Trinajstić information content (AvgIpc) is 3.65. The summed E-state index contributed by atoms with van der Waals surface area (Å²) in [7, 11) is 0. The quantitative estimate of drug-likeness (QED) is 0.626. The SMILES string of the molecule is C1=CN(C2=C(N3CCCC3)N(C3CCCCS3)C(C3CCCCS3)(N3CCNC3)N2)CC1. The molecule has 4 fully saturated rings. The fourth-order valence-corrected chi connectivity index (χ4v) is 9.41. The van der Waals surface area contributed by atoms with E-state index >= 15 is 0 Å². The average molecular weight is 477 g/mol. The molecule has 0 aromatic rings. The molecule has 0 spiro atoms. The van der Waals surface area contributed by atoms with Gasteiger partial charge in [0.1, 0.15) is 5.82 Å². The predicted molar refractivity (Wildman–Crippen MR) is 136 cm³/mol. The van der Waals surface area contributed by atoms with E-state index in [1.165, 1.54) is 87.6 Å². The van der Waals surface area contributed by atoms with Crippen molar-refractivity contribution in [2.45, 2.75) is 74.2 Å². The first-order valence-corrected chi connectivity index (χ1v) is 15.2. The van der Waals surface area contributed by atoms with Crippen molar-refractivity contribution in [1.29, 1.82) is 0 Å². The van der Waals surface area contributed by atoms with E-state index in [-0.39, 0.29) is 5.79 Å². The first-order valence-electron chi connectivity index (χ1n) is 13.1. The largest absolute Gasteiger partial charge is 0.355 e. The normalized spacial score (nSPS) is 36.6. The molecule has 0 amide bonds. The van der Waals surface area contributed by atoms with Gasteiger partial charge in [0.2, 0.25) is 0 Å². The topological polar surface area (TPSA) is 37.0 Å². The minimum atomic E-state index is -0.118. The van der Waals surface area contributed by atoms with Crippen LogP contribution in [0.2, 0.25) is 0 Å². The van der Waals surface area contributed by atoms with Crippen molar-refractivity contribution in [1.82, 2.24) is 30.2 Å².